The minimum atomic E-state index is -0.265. The van der Waals surface area contributed by atoms with Crippen molar-refractivity contribution in [3.05, 3.63) is 59.7 Å². The fourth-order valence-electron chi connectivity index (χ4n) is 1.95. The second-order valence-corrected chi connectivity index (χ2v) is 4.76. The van der Waals surface area contributed by atoms with Crippen molar-refractivity contribution in [2.75, 3.05) is 11.9 Å². The molecule has 108 valence electrons. The normalized spacial score (nSPS) is 10.0. The molecule has 0 fully saturated rings. The van der Waals surface area contributed by atoms with Gasteiger partial charge in [-0.05, 0) is 43.7 Å². The van der Waals surface area contributed by atoms with Crippen molar-refractivity contribution in [1.29, 1.82) is 0 Å². The van der Waals surface area contributed by atoms with E-state index in [-0.39, 0.29) is 18.3 Å². The number of para-hydroxylation sites is 1. The number of aryl methyl sites for hydroxylation is 1. The van der Waals surface area contributed by atoms with E-state index in [0.29, 0.717) is 11.3 Å². The molecule has 0 spiro atoms. The number of rotatable bonds is 5. The Morgan fingerprint density at radius 1 is 1.10 bits per heavy atom. The highest BCUT2D eigenvalue weighted by molar-refractivity contribution is 5.97. The van der Waals surface area contributed by atoms with E-state index in [4.69, 9.17) is 4.74 Å². The molecule has 2 aromatic rings. The quantitative estimate of drug-likeness (QED) is 0.857. The molecule has 0 atom stereocenters. The van der Waals surface area contributed by atoms with Crippen molar-refractivity contribution in [3.8, 4) is 5.75 Å². The van der Waals surface area contributed by atoms with Crippen molar-refractivity contribution in [2.45, 2.75) is 13.8 Å². The van der Waals surface area contributed by atoms with E-state index in [1.54, 1.807) is 24.3 Å². The Balaban J connectivity index is 1.97. The number of nitrogens with one attached hydrogen (secondary N) is 1. The fourth-order valence-corrected chi connectivity index (χ4v) is 1.95. The molecule has 0 radical (unpaired) electrons. The number of carbonyl (C=O) groups excluding carboxylic acids is 2. The van der Waals surface area contributed by atoms with Crippen LogP contribution in [0.2, 0.25) is 0 Å². The van der Waals surface area contributed by atoms with Crippen LogP contribution in [0.15, 0.2) is 48.5 Å². The van der Waals surface area contributed by atoms with E-state index in [1.165, 1.54) is 6.92 Å². The molecule has 2 aromatic carbocycles. The molecular weight excluding hydrogens is 266 g/mol. The zero-order chi connectivity index (χ0) is 15.2. The van der Waals surface area contributed by atoms with Gasteiger partial charge in [0.2, 0.25) is 0 Å². The zero-order valence-electron chi connectivity index (χ0n) is 12.1. The van der Waals surface area contributed by atoms with Crippen LogP contribution in [0.3, 0.4) is 0 Å². The molecule has 21 heavy (non-hydrogen) atoms. The highest BCUT2D eigenvalue weighted by atomic mass is 16.5. The molecule has 0 saturated carbocycles. The molecule has 0 heterocycles. The SMILES string of the molecule is CC(=O)c1ccccc1OCC(=O)Nc1cccc(C)c1. The van der Waals surface area contributed by atoms with Gasteiger partial charge in [-0.25, -0.2) is 0 Å². The topological polar surface area (TPSA) is 55.4 Å². The van der Waals surface area contributed by atoms with Gasteiger partial charge in [0.15, 0.2) is 12.4 Å². The molecule has 1 amide bonds. The molecule has 0 aliphatic heterocycles. The first-order chi connectivity index (χ1) is 10.1. The lowest BCUT2D eigenvalue weighted by Crippen LogP contribution is -2.20. The summed E-state index contributed by atoms with van der Waals surface area (Å²) in [6, 6.07) is 14.4. The van der Waals surface area contributed by atoms with Gasteiger partial charge in [-0.15, -0.1) is 0 Å². The summed E-state index contributed by atoms with van der Waals surface area (Å²) in [7, 11) is 0. The molecule has 4 nitrogen and oxygen atoms in total. The summed E-state index contributed by atoms with van der Waals surface area (Å²) in [5.41, 5.74) is 2.26. The molecule has 0 saturated heterocycles. The smallest absolute Gasteiger partial charge is 0.262 e. The van der Waals surface area contributed by atoms with Gasteiger partial charge in [-0.3, -0.25) is 9.59 Å². The third kappa shape index (κ3) is 4.18. The Morgan fingerprint density at radius 3 is 2.57 bits per heavy atom. The minimum absolute atomic E-state index is 0.0929. The van der Waals surface area contributed by atoms with E-state index in [9.17, 15) is 9.59 Å². The van der Waals surface area contributed by atoms with Crippen LogP contribution in [-0.4, -0.2) is 18.3 Å². The second kappa shape index (κ2) is 6.70. The first kappa shape index (κ1) is 14.8. The number of anilines is 1. The van der Waals surface area contributed by atoms with Crippen LogP contribution in [0.25, 0.3) is 0 Å². The van der Waals surface area contributed by atoms with Crippen LogP contribution in [0, 0.1) is 6.92 Å². The van der Waals surface area contributed by atoms with Crippen molar-refractivity contribution >= 4 is 17.4 Å². The minimum Gasteiger partial charge on any atom is -0.483 e. The number of Topliss-reactive ketones (excluding diaryl/α,β-unsaturated/α-hetero) is 1. The maximum Gasteiger partial charge on any atom is 0.262 e. The number of benzene rings is 2. The van der Waals surface area contributed by atoms with Crippen molar-refractivity contribution in [3.63, 3.8) is 0 Å². The van der Waals surface area contributed by atoms with Crippen molar-refractivity contribution < 1.29 is 14.3 Å². The van der Waals surface area contributed by atoms with Crippen LogP contribution in [0.5, 0.6) is 5.75 Å². The zero-order valence-corrected chi connectivity index (χ0v) is 12.1. The molecule has 0 unspecified atom stereocenters. The third-order valence-electron chi connectivity index (χ3n) is 2.93. The Hall–Kier alpha value is -2.62. The predicted molar refractivity (Wildman–Crippen MR) is 81.8 cm³/mol. The Labute approximate surface area is 123 Å². The molecule has 0 bridgehead atoms. The first-order valence-electron chi connectivity index (χ1n) is 6.65. The largest absolute Gasteiger partial charge is 0.483 e. The summed E-state index contributed by atoms with van der Waals surface area (Å²) < 4.78 is 5.43. The standard InChI is InChI=1S/C17H17NO3/c1-12-6-5-7-14(10-12)18-17(20)11-21-16-9-4-3-8-15(16)13(2)19/h3-10H,11H2,1-2H3,(H,18,20). The van der Waals surface area contributed by atoms with E-state index in [0.717, 1.165) is 11.3 Å². The van der Waals surface area contributed by atoms with Crippen LogP contribution in [0.1, 0.15) is 22.8 Å². The monoisotopic (exact) mass is 283 g/mol. The van der Waals surface area contributed by atoms with E-state index in [1.807, 2.05) is 31.2 Å². The van der Waals surface area contributed by atoms with Gasteiger partial charge in [-0.1, -0.05) is 24.3 Å². The summed E-state index contributed by atoms with van der Waals surface area (Å²) in [5, 5.41) is 2.75. The number of hydrogen-bond acceptors (Lipinski definition) is 3. The van der Waals surface area contributed by atoms with Gasteiger partial charge < -0.3 is 10.1 Å². The lowest BCUT2D eigenvalue weighted by atomic mass is 10.1. The van der Waals surface area contributed by atoms with Crippen LogP contribution < -0.4 is 10.1 Å². The van der Waals surface area contributed by atoms with Crippen LogP contribution in [-0.2, 0) is 4.79 Å². The fraction of sp³-hybridized carbons (Fsp3) is 0.176. The highest BCUT2D eigenvalue weighted by Crippen LogP contribution is 2.18. The van der Waals surface area contributed by atoms with Gasteiger partial charge in [0.25, 0.3) is 5.91 Å². The lowest BCUT2D eigenvalue weighted by molar-refractivity contribution is -0.118. The number of ketones is 1. The van der Waals surface area contributed by atoms with Gasteiger partial charge in [0, 0.05) is 5.69 Å². The lowest BCUT2D eigenvalue weighted by Gasteiger charge is -2.10. The van der Waals surface area contributed by atoms with Gasteiger partial charge >= 0.3 is 0 Å². The van der Waals surface area contributed by atoms with Crippen LogP contribution in [0.4, 0.5) is 5.69 Å². The van der Waals surface area contributed by atoms with Gasteiger partial charge in [0.05, 0.1) is 5.56 Å². The maximum absolute atomic E-state index is 11.9. The van der Waals surface area contributed by atoms with Crippen LogP contribution >= 0.6 is 0 Å². The average molecular weight is 283 g/mol. The maximum atomic E-state index is 11.9. The highest BCUT2D eigenvalue weighted by Gasteiger charge is 2.09. The Kier molecular flexibility index (Phi) is 4.72. The first-order valence-corrected chi connectivity index (χ1v) is 6.65. The van der Waals surface area contributed by atoms with E-state index >= 15 is 0 Å². The van der Waals surface area contributed by atoms with Gasteiger partial charge in [0.1, 0.15) is 5.75 Å². The van der Waals surface area contributed by atoms with Gasteiger partial charge in [-0.2, -0.15) is 0 Å². The molecule has 0 aliphatic rings. The molecular formula is C17H17NO3. The predicted octanol–water partition coefficient (Wildman–Crippen LogP) is 3.22. The molecule has 0 aliphatic carbocycles. The number of amides is 1. The third-order valence-corrected chi connectivity index (χ3v) is 2.93. The number of carbonyl (C=O) groups is 2. The summed E-state index contributed by atoms with van der Waals surface area (Å²) in [6.07, 6.45) is 0. The molecule has 1 N–H and O–H groups in total. The summed E-state index contributed by atoms with van der Waals surface area (Å²) in [5.74, 6) is 0.0630. The van der Waals surface area contributed by atoms with Crippen molar-refractivity contribution in [1.82, 2.24) is 0 Å². The molecule has 4 heteroatoms. The molecule has 0 aromatic heterocycles. The molecule has 2 rings (SSSR count). The second-order valence-electron chi connectivity index (χ2n) is 4.76. The summed E-state index contributed by atoms with van der Waals surface area (Å²) in [4.78, 5) is 23.3. The Bertz CT molecular complexity index is 665. The number of ether oxygens (including phenoxy) is 1. The number of hydrogen-bond donors (Lipinski definition) is 1. The summed E-state index contributed by atoms with van der Waals surface area (Å²) in [6.45, 7) is 3.28. The summed E-state index contributed by atoms with van der Waals surface area (Å²) >= 11 is 0. The van der Waals surface area contributed by atoms with Crippen molar-refractivity contribution in [2.24, 2.45) is 0 Å². The Morgan fingerprint density at radius 2 is 1.86 bits per heavy atom. The van der Waals surface area contributed by atoms with E-state index < -0.39 is 0 Å². The van der Waals surface area contributed by atoms with E-state index in [2.05, 4.69) is 5.32 Å². The average Bonchev–Trinajstić information content (AvgIpc) is 2.45.